The van der Waals surface area contributed by atoms with Crippen LogP contribution in [0.5, 0.6) is 5.75 Å². The number of aryl methyl sites for hydroxylation is 1. The van der Waals surface area contributed by atoms with Crippen molar-refractivity contribution in [1.82, 2.24) is 9.80 Å². The number of carbonyl (C=O) groups excluding carboxylic acids is 1. The molecular weight excluding hydrogens is 383 g/mol. The molecule has 1 atom stereocenters. The van der Waals surface area contributed by atoms with Gasteiger partial charge >= 0.3 is 0 Å². The van der Waals surface area contributed by atoms with Crippen molar-refractivity contribution in [1.29, 1.82) is 0 Å². The van der Waals surface area contributed by atoms with Crippen LogP contribution < -0.4 is 4.74 Å². The van der Waals surface area contributed by atoms with Crippen LogP contribution in [0.25, 0.3) is 0 Å². The second-order valence-electron chi connectivity index (χ2n) is 7.75. The summed E-state index contributed by atoms with van der Waals surface area (Å²) in [6.07, 6.45) is 0.247. The minimum Gasteiger partial charge on any atom is -0.490 e. The van der Waals surface area contributed by atoms with E-state index in [1.165, 1.54) is 12.1 Å². The van der Waals surface area contributed by atoms with Crippen LogP contribution in [0, 0.1) is 5.82 Å². The van der Waals surface area contributed by atoms with Gasteiger partial charge in [0.1, 0.15) is 24.3 Å². The van der Waals surface area contributed by atoms with E-state index in [1.54, 1.807) is 24.3 Å². The van der Waals surface area contributed by atoms with E-state index < -0.39 is 6.10 Å². The number of rotatable bonds is 10. The molecule has 0 radical (unpaired) electrons. The lowest BCUT2D eigenvalue weighted by molar-refractivity contribution is 0.0467. The van der Waals surface area contributed by atoms with E-state index in [4.69, 9.17) is 4.74 Å². The molecule has 1 unspecified atom stereocenters. The summed E-state index contributed by atoms with van der Waals surface area (Å²) in [5.41, 5.74) is 1.44. The van der Waals surface area contributed by atoms with Gasteiger partial charge in [0, 0.05) is 39.1 Å². The standard InChI is InChI=1S/C24H31FN2O3/c1-2-26-13-15-27(16-14-26)17-21(28)18-30-24-6-4-3-5-22(24)23(29)12-9-19-7-10-20(25)11-8-19/h3-8,10-11,21,28H,2,9,12-18H2,1H3. The highest BCUT2D eigenvalue weighted by atomic mass is 19.1. The molecule has 5 nitrogen and oxygen atoms in total. The summed E-state index contributed by atoms with van der Waals surface area (Å²) in [6.45, 7) is 7.88. The minimum atomic E-state index is -0.611. The topological polar surface area (TPSA) is 53.0 Å². The summed E-state index contributed by atoms with van der Waals surface area (Å²) in [7, 11) is 0. The zero-order valence-electron chi connectivity index (χ0n) is 17.6. The normalized spacial score (nSPS) is 16.4. The fourth-order valence-electron chi connectivity index (χ4n) is 3.69. The Balaban J connectivity index is 1.49. The molecule has 1 heterocycles. The van der Waals surface area contributed by atoms with E-state index in [0.29, 0.717) is 30.7 Å². The van der Waals surface area contributed by atoms with Crippen molar-refractivity contribution < 1.29 is 19.0 Å². The van der Waals surface area contributed by atoms with Gasteiger partial charge in [-0.25, -0.2) is 4.39 Å². The van der Waals surface area contributed by atoms with Gasteiger partial charge < -0.3 is 14.7 Å². The molecule has 6 heteroatoms. The molecule has 2 aromatic carbocycles. The lowest BCUT2D eigenvalue weighted by Crippen LogP contribution is -2.49. The quantitative estimate of drug-likeness (QED) is 0.606. The number of piperazine rings is 1. The van der Waals surface area contributed by atoms with Crippen molar-refractivity contribution >= 4 is 5.78 Å². The number of aliphatic hydroxyl groups is 1. The highest BCUT2D eigenvalue weighted by molar-refractivity contribution is 5.98. The second-order valence-corrected chi connectivity index (χ2v) is 7.75. The number of halogens is 1. The van der Waals surface area contributed by atoms with Crippen LogP contribution in [-0.2, 0) is 6.42 Å². The molecule has 2 aromatic rings. The molecule has 3 rings (SSSR count). The lowest BCUT2D eigenvalue weighted by Gasteiger charge is -2.34. The molecule has 0 saturated carbocycles. The molecule has 1 fully saturated rings. The first kappa shape index (κ1) is 22.4. The predicted molar refractivity (Wildman–Crippen MR) is 116 cm³/mol. The number of Topliss-reactive ketones (excluding diaryl/α,β-unsaturated/α-hetero) is 1. The Bertz CT molecular complexity index is 804. The van der Waals surface area contributed by atoms with Crippen molar-refractivity contribution in [2.45, 2.75) is 25.9 Å². The van der Waals surface area contributed by atoms with E-state index in [9.17, 15) is 14.3 Å². The molecule has 1 N–H and O–H groups in total. The molecule has 1 aliphatic rings. The molecule has 1 aliphatic heterocycles. The first-order valence-corrected chi connectivity index (χ1v) is 10.7. The number of likely N-dealkylation sites (N-methyl/N-ethyl adjacent to an activating group) is 1. The lowest BCUT2D eigenvalue weighted by atomic mass is 10.0. The Hall–Kier alpha value is -2.28. The van der Waals surface area contributed by atoms with E-state index in [2.05, 4.69) is 16.7 Å². The van der Waals surface area contributed by atoms with Crippen LogP contribution in [0.4, 0.5) is 4.39 Å². The van der Waals surface area contributed by atoms with E-state index in [-0.39, 0.29) is 18.2 Å². The van der Waals surface area contributed by atoms with Crippen LogP contribution in [0.15, 0.2) is 48.5 Å². The maximum absolute atomic E-state index is 13.0. The third kappa shape index (κ3) is 6.62. The number of nitrogens with zero attached hydrogens (tertiary/aromatic N) is 2. The maximum atomic E-state index is 13.0. The fraction of sp³-hybridized carbons (Fsp3) is 0.458. The summed E-state index contributed by atoms with van der Waals surface area (Å²) in [6, 6.07) is 13.3. The Labute approximate surface area is 178 Å². The predicted octanol–water partition coefficient (Wildman–Crippen LogP) is 3.02. The van der Waals surface area contributed by atoms with E-state index in [0.717, 1.165) is 38.3 Å². The number of hydrogen-bond donors (Lipinski definition) is 1. The molecular formula is C24H31FN2O3. The highest BCUT2D eigenvalue weighted by Gasteiger charge is 2.19. The fourth-order valence-corrected chi connectivity index (χ4v) is 3.69. The number of aliphatic hydroxyl groups excluding tert-OH is 1. The van der Waals surface area contributed by atoms with Crippen LogP contribution in [0.3, 0.4) is 0 Å². The first-order chi connectivity index (χ1) is 14.5. The summed E-state index contributed by atoms with van der Waals surface area (Å²) >= 11 is 0. The smallest absolute Gasteiger partial charge is 0.166 e. The van der Waals surface area contributed by atoms with Gasteiger partial charge in [-0.1, -0.05) is 31.2 Å². The maximum Gasteiger partial charge on any atom is 0.166 e. The minimum absolute atomic E-state index is 0.0277. The molecule has 0 spiro atoms. The van der Waals surface area contributed by atoms with Gasteiger partial charge in [0.15, 0.2) is 5.78 Å². The van der Waals surface area contributed by atoms with Crippen molar-refractivity contribution in [3.8, 4) is 5.75 Å². The number of benzene rings is 2. The van der Waals surface area contributed by atoms with Crippen LogP contribution in [-0.4, -0.2) is 72.7 Å². The van der Waals surface area contributed by atoms with Crippen LogP contribution in [0.2, 0.25) is 0 Å². The average molecular weight is 415 g/mol. The Morgan fingerprint density at radius 3 is 2.43 bits per heavy atom. The summed E-state index contributed by atoms with van der Waals surface area (Å²) in [4.78, 5) is 17.3. The van der Waals surface area contributed by atoms with Crippen molar-refractivity contribution in [2.24, 2.45) is 0 Å². The third-order valence-corrected chi connectivity index (χ3v) is 5.55. The van der Waals surface area contributed by atoms with Gasteiger partial charge in [-0.3, -0.25) is 9.69 Å². The number of ether oxygens (including phenoxy) is 1. The van der Waals surface area contributed by atoms with Crippen molar-refractivity contribution in [3.05, 3.63) is 65.5 Å². The number of hydrogen-bond acceptors (Lipinski definition) is 5. The monoisotopic (exact) mass is 414 g/mol. The zero-order valence-corrected chi connectivity index (χ0v) is 17.6. The highest BCUT2D eigenvalue weighted by Crippen LogP contribution is 2.21. The van der Waals surface area contributed by atoms with Crippen molar-refractivity contribution in [3.63, 3.8) is 0 Å². The third-order valence-electron chi connectivity index (χ3n) is 5.55. The number of β-amino-alcohol motifs (C(OH)–C–C–N with tert-alkyl or cyclic N) is 1. The molecule has 0 aliphatic carbocycles. The average Bonchev–Trinajstić information content (AvgIpc) is 2.78. The van der Waals surface area contributed by atoms with Gasteiger partial charge in [-0.15, -0.1) is 0 Å². The Morgan fingerprint density at radius 1 is 1.07 bits per heavy atom. The number of ketones is 1. The summed E-state index contributed by atoms with van der Waals surface area (Å²) in [5, 5.41) is 10.4. The van der Waals surface area contributed by atoms with Crippen molar-refractivity contribution in [2.75, 3.05) is 45.9 Å². The van der Waals surface area contributed by atoms with Gasteiger partial charge in [-0.2, -0.15) is 0 Å². The first-order valence-electron chi connectivity index (χ1n) is 10.7. The summed E-state index contributed by atoms with van der Waals surface area (Å²) < 4.78 is 18.8. The largest absolute Gasteiger partial charge is 0.490 e. The van der Waals surface area contributed by atoms with Gasteiger partial charge in [-0.05, 0) is 42.8 Å². The molecule has 0 bridgehead atoms. The molecule has 0 aromatic heterocycles. The second kappa shape index (κ2) is 11.2. The SMILES string of the molecule is CCN1CCN(CC(O)COc2ccccc2C(=O)CCc2ccc(F)cc2)CC1. The van der Waals surface area contributed by atoms with E-state index in [1.807, 2.05) is 12.1 Å². The Morgan fingerprint density at radius 2 is 1.73 bits per heavy atom. The number of para-hydroxylation sites is 1. The zero-order chi connectivity index (χ0) is 21.3. The molecule has 1 saturated heterocycles. The van der Waals surface area contributed by atoms with Gasteiger partial charge in [0.25, 0.3) is 0 Å². The molecule has 30 heavy (non-hydrogen) atoms. The number of carbonyl (C=O) groups is 1. The molecule has 162 valence electrons. The van der Waals surface area contributed by atoms with Gasteiger partial charge in [0.05, 0.1) is 5.56 Å². The van der Waals surface area contributed by atoms with E-state index >= 15 is 0 Å². The van der Waals surface area contributed by atoms with Gasteiger partial charge in [0.2, 0.25) is 0 Å². The molecule has 0 amide bonds. The Kier molecular flexibility index (Phi) is 8.37. The van der Waals surface area contributed by atoms with Crippen LogP contribution >= 0.6 is 0 Å². The van der Waals surface area contributed by atoms with Crippen LogP contribution in [0.1, 0.15) is 29.3 Å². The summed E-state index contributed by atoms with van der Waals surface area (Å²) in [5.74, 6) is 0.186.